The standard InChI is InChI=1S/C20H20O7P2/c21-20(28(22,23)24,29(25,26)27)12-2-5-13-6-7-16-9-8-14-3-1-4-15-10-11-17(13)19(16)18(14)15/h1,3-4,6-11,21H,2,5,12H2,(H2,22,23,24)(H2,25,26,27). The van der Waals surface area contributed by atoms with Crippen molar-refractivity contribution in [1.82, 2.24) is 0 Å². The molecule has 29 heavy (non-hydrogen) atoms. The van der Waals surface area contributed by atoms with Crippen LogP contribution in [0.25, 0.3) is 32.3 Å². The molecule has 5 N–H and O–H groups in total. The second kappa shape index (κ2) is 6.86. The molecule has 7 nitrogen and oxygen atoms in total. The summed E-state index contributed by atoms with van der Waals surface area (Å²) in [5.74, 6) is 0. The molecule has 0 spiro atoms. The second-order valence-corrected chi connectivity index (χ2v) is 11.3. The molecule has 0 atom stereocenters. The highest BCUT2D eigenvalue weighted by Crippen LogP contribution is 2.69. The Hall–Kier alpha value is -1.82. The summed E-state index contributed by atoms with van der Waals surface area (Å²) >= 11 is 0. The molecule has 0 radical (unpaired) electrons. The number of aliphatic hydroxyl groups is 1. The zero-order valence-electron chi connectivity index (χ0n) is 15.3. The van der Waals surface area contributed by atoms with E-state index in [0.717, 1.165) is 37.9 Å². The lowest BCUT2D eigenvalue weighted by Gasteiger charge is -2.29. The lowest BCUT2D eigenvalue weighted by Crippen LogP contribution is -2.28. The third kappa shape index (κ3) is 3.29. The van der Waals surface area contributed by atoms with Crippen LogP contribution in [-0.2, 0) is 15.6 Å². The Labute approximate surface area is 166 Å². The fourth-order valence-corrected chi connectivity index (χ4v) is 6.25. The van der Waals surface area contributed by atoms with Crippen LogP contribution in [0, 0.1) is 0 Å². The molecule has 0 unspecified atom stereocenters. The van der Waals surface area contributed by atoms with Crippen molar-refractivity contribution < 1.29 is 33.8 Å². The van der Waals surface area contributed by atoms with Crippen molar-refractivity contribution in [3.05, 3.63) is 60.2 Å². The van der Waals surface area contributed by atoms with Gasteiger partial charge < -0.3 is 24.7 Å². The average molecular weight is 434 g/mol. The molecule has 0 heterocycles. The normalized spacial score (nSPS) is 13.7. The molecule has 9 heteroatoms. The van der Waals surface area contributed by atoms with Gasteiger partial charge in [-0.15, -0.1) is 0 Å². The molecule has 0 saturated carbocycles. The van der Waals surface area contributed by atoms with Gasteiger partial charge >= 0.3 is 15.2 Å². The minimum Gasteiger partial charge on any atom is -0.368 e. The van der Waals surface area contributed by atoms with Gasteiger partial charge in [0.2, 0.25) is 0 Å². The molecule has 0 aliphatic carbocycles. The first-order valence-electron chi connectivity index (χ1n) is 9.02. The molecular weight excluding hydrogens is 414 g/mol. The van der Waals surface area contributed by atoms with E-state index in [-0.39, 0.29) is 6.42 Å². The maximum Gasteiger partial charge on any atom is 0.369 e. The summed E-state index contributed by atoms with van der Waals surface area (Å²) in [6.45, 7) is 0. The van der Waals surface area contributed by atoms with E-state index in [1.54, 1.807) is 0 Å². The lowest BCUT2D eigenvalue weighted by molar-refractivity contribution is 0.121. The summed E-state index contributed by atoms with van der Waals surface area (Å²) in [7, 11) is -10.9. The van der Waals surface area contributed by atoms with E-state index < -0.39 is 26.7 Å². The molecule has 152 valence electrons. The summed E-state index contributed by atoms with van der Waals surface area (Å²) in [6.07, 6.45) is -0.420. The summed E-state index contributed by atoms with van der Waals surface area (Å²) in [5, 5.41) is 13.2. The smallest absolute Gasteiger partial charge is 0.368 e. The Morgan fingerprint density at radius 2 is 1.24 bits per heavy atom. The molecular formula is C20H20O7P2. The molecule has 4 rings (SSSR count). The molecule has 0 aromatic heterocycles. The largest absolute Gasteiger partial charge is 0.369 e. The number of rotatable bonds is 6. The predicted molar refractivity (Wildman–Crippen MR) is 112 cm³/mol. The molecule has 0 bridgehead atoms. The Bertz CT molecular complexity index is 1270. The highest BCUT2D eigenvalue weighted by Gasteiger charge is 2.58. The quantitative estimate of drug-likeness (QED) is 0.229. The third-order valence-electron chi connectivity index (χ3n) is 5.51. The first kappa shape index (κ1) is 20.5. The number of hydrogen-bond acceptors (Lipinski definition) is 3. The topological polar surface area (TPSA) is 135 Å². The minimum atomic E-state index is -5.43. The zero-order chi connectivity index (χ0) is 21.0. The average Bonchev–Trinajstić information content (AvgIpc) is 2.65. The van der Waals surface area contributed by atoms with Crippen LogP contribution in [-0.4, -0.2) is 29.8 Å². The van der Waals surface area contributed by atoms with Gasteiger partial charge in [0.1, 0.15) is 0 Å². The summed E-state index contributed by atoms with van der Waals surface area (Å²) in [5.41, 5.74) is 0.884. The Morgan fingerprint density at radius 1 is 0.724 bits per heavy atom. The van der Waals surface area contributed by atoms with Crippen molar-refractivity contribution in [2.45, 2.75) is 24.3 Å². The van der Waals surface area contributed by atoms with Crippen LogP contribution >= 0.6 is 15.2 Å². The summed E-state index contributed by atoms with van der Waals surface area (Å²) < 4.78 is 23.1. The van der Waals surface area contributed by atoms with Crippen LogP contribution in [0.5, 0.6) is 0 Å². The summed E-state index contributed by atoms with van der Waals surface area (Å²) in [6, 6.07) is 18.0. The maximum absolute atomic E-state index is 11.5. The fourth-order valence-electron chi connectivity index (χ4n) is 3.99. The van der Waals surface area contributed by atoms with Crippen molar-refractivity contribution >= 4 is 47.5 Å². The highest BCUT2D eigenvalue weighted by atomic mass is 31.2. The van der Waals surface area contributed by atoms with E-state index in [0.29, 0.717) is 6.42 Å². The van der Waals surface area contributed by atoms with Gasteiger partial charge in [0.15, 0.2) is 0 Å². The van der Waals surface area contributed by atoms with Crippen molar-refractivity contribution in [1.29, 1.82) is 0 Å². The van der Waals surface area contributed by atoms with Gasteiger partial charge in [-0.25, -0.2) is 0 Å². The second-order valence-electron chi connectivity index (χ2n) is 7.30. The first-order valence-corrected chi connectivity index (χ1v) is 12.2. The van der Waals surface area contributed by atoms with E-state index in [1.807, 2.05) is 48.5 Å². The molecule has 4 aromatic rings. The minimum absolute atomic E-state index is 0.00328. The SMILES string of the molecule is O=P(O)(O)C(O)(CCCc1ccc2ccc3cccc4ccc1c2c34)P(=O)(O)O. The molecule has 0 saturated heterocycles. The van der Waals surface area contributed by atoms with Crippen molar-refractivity contribution in [3.8, 4) is 0 Å². The maximum atomic E-state index is 11.5. The van der Waals surface area contributed by atoms with Crippen molar-refractivity contribution in [3.63, 3.8) is 0 Å². The first-order chi connectivity index (χ1) is 13.5. The molecule has 4 aromatic carbocycles. The summed E-state index contributed by atoms with van der Waals surface area (Å²) in [4.78, 5) is 37.2. The fraction of sp³-hybridized carbons (Fsp3) is 0.200. The van der Waals surface area contributed by atoms with Crippen molar-refractivity contribution in [2.24, 2.45) is 0 Å². The van der Waals surface area contributed by atoms with Crippen LogP contribution in [0.15, 0.2) is 54.6 Å². The Kier molecular flexibility index (Phi) is 4.84. The van der Waals surface area contributed by atoms with Crippen LogP contribution in [0.2, 0.25) is 0 Å². The van der Waals surface area contributed by atoms with Crippen LogP contribution in [0.3, 0.4) is 0 Å². The third-order valence-corrected chi connectivity index (χ3v) is 9.39. The number of aryl methyl sites for hydroxylation is 1. The van der Waals surface area contributed by atoms with E-state index in [1.165, 1.54) is 0 Å². The van der Waals surface area contributed by atoms with Crippen LogP contribution < -0.4 is 0 Å². The predicted octanol–water partition coefficient (Wildman–Crippen LogP) is 3.91. The molecule has 0 amide bonds. The van der Waals surface area contributed by atoms with E-state index >= 15 is 0 Å². The van der Waals surface area contributed by atoms with Crippen LogP contribution in [0.1, 0.15) is 18.4 Å². The van der Waals surface area contributed by atoms with E-state index in [4.69, 9.17) is 0 Å². The molecule has 0 aliphatic heterocycles. The van der Waals surface area contributed by atoms with Gasteiger partial charge in [0, 0.05) is 6.42 Å². The zero-order valence-corrected chi connectivity index (χ0v) is 17.1. The molecule has 0 fully saturated rings. The van der Waals surface area contributed by atoms with Gasteiger partial charge in [-0.3, -0.25) is 9.13 Å². The van der Waals surface area contributed by atoms with Crippen LogP contribution in [0.4, 0.5) is 0 Å². The van der Waals surface area contributed by atoms with Gasteiger partial charge in [-0.2, -0.15) is 0 Å². The molecule has 0 aliphatic rings. The van der Waals surface area contributed by atoms with Crippen molar-refractivity contribution in [2.75, 3.05) is 0 Å². The van der Waals surface area contributed by atoms with E-state index in [2.05, 4.69) is 6.07 Å². The van der Waals surface area contributed by atoms with Gasteiger partial charge in [-0.05, 0) is 50.7 Å². The van der Waals surface area contributed by atoms with E-state index in [9.17, 15) is 33.8 Å². The number of benzene rings is 4. The highest BCUT2D eigenvalue weighted by molar-refractivity contribution is 7.72. The number of hydrogen-bond donors (Lipinski definition) is 5. The monoisotopic (exact) mass is 434 g/mol. The van der Waals surface area contributed by atoms with Gasteiger partial charge in [0.25, 0.3) is 5.08 Å². The lowest BCUT2D eigenvalue weighted by atomic mass is 9.90. The van der Waals surface area contributed by atoms with Gasteiger partial charge in [0.05, 0.1) is 0 Å². The Balaban J connectivity index is 1.72. The van der Waals surface area contributed by atoms with Gasteiger partial charge in [-0.1, -0.05) is 54.6 Å². The Morgan fingerprint density at radius 3 is 1.83 bits per heavy atom.